The summed E-state index contributed by atoms with van der Waals surface area (Å²) in [4.78, 5) is 24.7. The first-order valence-corrected chi connectivity index (χ1v) is 10.2. The van der Waals surface area contributed by atoms with Crippen LogP contribution in [0.5, 0.6) is 17.4 Å². The van der Waals surface area contributed by atoms with Gasteiger partial charge < -0.3 is 24.5 Å². The van der Waals surface area contributed by atoms with Gasteiger partial charge in [-0.05, 0) is 48.9 Å². The maximum absolute atomic E-state index is 12.8. The molecule has 3 amide bonds. The molecule has 0 aliphatic carbocycles. The van der Waals surface area contributed by atoms with Crippen molar-refractivity contribution in [1.29, 1.82) is 0 Å². The number of carbonyl (C=O) groups is 2. The summed E-state index contributed by atoms with van der Waals surface area (Å²) in [6, 6.07) is 10.3. The molecule has 1 saturated heterocycles. The predicted octanol–water partition coefficient (Wildman–Crippen LogP) is 2.31. The number of aromatic hydroxyl groups is 1. The van der Waals surface area contributed by atoms with Crippen molar-refractivity contribution < 1.29 is 24.2 Å². The van der Waals surface area contributed by atoms with Crippen LogP contribution in [0.2, 0.25) is 0 Å². The van der Waals surface area contributed by atoms with E-state index in [1.165, 1.54) is 4.57 Å². The van der Waals surface area contributed by atoms with Gasteiger partial charge in [-0.25, -0.2) is 4.79 Å². The quantitative estimate of drug-likeness (QED) is 0.436. The molecule has 3 aromatic rings. The molecule has 5 rings (SSSR count). The van der Waals surface area contributed by atoms with E-state index in [1.54, 1.807) is 25.4 Å². The number of hydrogen-bond donors (Lipinski definition) is 3. The molecule has 3 heterocycles. The summed E-state index contributed by atoms with van der Waals surface area (Å²) in [6.45, 7) is 1.94. The zero-order valence-electron chi connectivity index (χ0n) is 17.6. The molecule has 2 atom stereocenters. The fourth-order valence-electron chi connectivity index (χ4n) is 4.14. The first-order valence-electron chi connectivity index (χ1n) is 10.2. The number of nitrogens with zero attached hydrogens (tertiary/aromatic N) is 1. The van der Waals surface area contributed by atoms with Crippen LogP contribution < -0.4 is 20.1 Å². The second kappa shape index (κ2) is 7.24. The van der Waals surface area contributed by atoms with Gasteiger partial charge in [0, 0.05) is 29.0 Å². The van der Waals surface area contributed by atoms with Crippen LogP contribution in [0.25, 0.3) is 10.8 Å². The summed E-state index contributed by atoms with van der Waals surface area (Å²) in [5, 5.41) is 17.0. The van der Waals surface area contributed by atoms with E-state index in [0.29, 0.717) is 16.7 Å². The van der Waals surface area contributed by atoms with Crippen molar-refractivity contribution in [2.75, 3.05) is 7.11 Å². The molecule has 1 aromatic heterocycles. The summed E-state index contributed by atoms with van der Waals surface area (Å²) in [6.07, 6.45) is 2.61. The Morgan fingerprint density at radius 3 is 2.88 bits per heavy atom. The average Bonchev–Trinajstić information content (AvgIpc) is 3.38. The van der Waals surface area contributed by atoms with Crippen LogP contribution in [0, 0.1) is 11.8 Å². The number of aromatic nitrogens is 1. The van der Waals surface area contributed by atoms with Crippen molar-refractivity contribution in [2.45, 2.75) is 31.5 Å². The molecule has 0 saturated carbocycles. The molecule has 1 fully saturated rings. The van der Waals surface area contributed by atoms with Gasteiger partial charge in [-0.1, -0.05) is 11.8 Å². The summed E-state index contributed by atoms with van der Waals surface area (Å²) in [5.74, 6) is 6.79. The van der Waals surface area contributed by atoms with E-state index in [4.69, 9.17) is 9.47 Å². The number of ether oxygens (including phenoxy) is 2. The number of amides is 3. The number of imide groups is 1. The molecule has 2 aliphatic heterocycles. The van der Waals surface area contributed by atoms with Crippen LogP contribution in [-0.4, -0.2) is 40.4 Å². The van der Waals surface area contributed by atoms with Gasteiger partial charge in [-0.3, -0.25) is 10.1 Å². The Hall–Kier alpha value is -4.12. The molecular formula is C24H21N3O5. The van der Waals surface area contributed by atoms with Gasteiger partial charge in [0.05, 0.1) is 13.7 Å². The molecule has 0 radical (unpaired) electrons. The highest BCUT2D eigenvalue weighted by Gasteiger charge is 2.46. The lowest BCUT2D eigenvalue weighted by atomic mass is 9.99. The number of fused-ring (bicyclic) bond motifs is 2. The lowest BCUT2D eigenvalue weighted by molar-refractivity contribution is -0.122. The predicted molar refractivity (Wildman–Crippen MR) is 117 cm³/mol. The van der Waals surface area contributed by atoms with Crippen molar-refractivity contribution in [3.63, 3.8) is 0 Å². The maximum Gasteiger partial charge on any atom is 0.323 e. The Morgan fingerprint density at radius 2 is 2.12 bits per heavy atom. The third-order valence-electron chi connectivity index (χ3n) is 5.73. The molecule has 2 aromatic carbocycles. The minimum absolute atomic E-state index is 0.0438. The van der Waals surface area contributed by atoms with Crippen LogP contribution >= 0.6 is 0 Å². The van der Waals surface area contributed by atoms with E-state index in [2.05, 4.69) is 22.5 Å². The van der Waals surface area contributed by atoms with Gasteiger partial charge in [0.15, 0.2) is 5.88 Å². The molecule has 8 nitrogen and oxygen atoms in total. The van der Waals surface area contributed by atoms with Crippen molar-refractivity contribution in [3.8, 4) is 29.2 Å². The Morgan fingerprint density at radius 1 is 1.28 bits per heavy atom. The van der Waals surface area contributed by atoms with Crippen LogP contribution in [-0.2, 0) is 17.8 Å². The second-order valence-corrected chi connectivity index (χ2v) is 8.05. The van der Waals surface area contributed by atoms with Crippen LogP contribution in [0.4, 0.5) is 4.79 Å². The van der Waals surface area contributed by atoms with Gasteiger partial charge in [0.2, 0.25) is 5.54 Å². The van der Waals surface area contributed by atoms with Gasteiger partial charge in [-0.15, -0.1) is 0 Å². The van der Waals surface area contributed by atoms with Crippen molar-refractivity contribution in [3.05, 3.63) is 53.7 Å². The molecule has 1 unspecified atom stereocenters. The van der Waals surface area contributed by atoms with E-state index < -0.39 is 17.5 Å². The minimum Gasteiger partial charge on any atom is -0.497 e. The fourth-order valence-corrected chi connectivity index (χ4v) is 4.14. The molecular weight excluding hydrogens is 410 g/mol. The third kappa shape index (κ3) is 3.28. The largest absolute Gasteiger partial charge is 0.497 e. The first kappa shape index (κ1) is 19.8. The highest BCUT2D eigenvalue weighted by atomic mass is 16.5. The van der Waals surface area contributed by atoms with Gasteiger partial charge in [-0.2, -0.15) is 0 Å². The zero-order chi connectivity index (χ0) is 22.5. The van der Waals surface area contributed by atoms with E-state index >= 15 is 0 Å². The summed E-state index contributed by atoms with van der Waals surface area (Å²) < 4.78 is 12.4. The highest BCUT2D eigenvalue weighted by molar-refractivity contribution is 6.09. The molecule has 2 aliphatic rings. The van der Waals surface area contributed by atoms with Crippen LogP contribution in [0.15, 0.2) is 42.6 Å². The topological polar surface area (TPSA) is 102 Å². The molecule has 162 valence electrons. The Bertz CT molecular complexity index is 1330. The molecule has 3 N–H and O–H groups in total. The maximum atomic E-state index is 12.8. The van der Waals surface area contributed by atoms with Crippen LogP contribution in [0.3, 0.4) is 0 Å². The van der Waals surface area contributed by atoms with Crippen LogP contribution in [0.1, 0.15) is 18.1 Å². The average molecular weight is 431 g/mol. The minimum atomic E-state index is -1.53. The van der Waals surface area contributed by atoms with Crippen molar-refractivity contribution >= 4 is 22.7 Å². The number of nitrogens with one attached hydrogen (secondary N) is 2. The highest BCUT2D eigenvalue weighted by Crippen LogP contribution is 2.32. The second-order valence-electron chi connectivity index (χ2n) is 8.05. The van der Waals surface area contributed by atoms with Gasteiger partial charge >= 0.3 is 6.03 Å². The molecule has 8 heteroatoms. The molecule has 32 heavy (non-hydrogen) atoms. The number of rotatable bonds is 3. The number of hydrogen-bond acceptors (Lipinski definition) is 5. The number of methoxy groups -OCH3 is 1. The monoisotopic (exact) mass is 431 g/mol. The zero-order valence-corrected chi connectivity index (χ0v) is 17.6. The van der Waals surface area contributed by atoms with E-state index in [1.807, 2.05) is 31.2 Å². The Balaban J connectivity index is 1.52. The van der Waals surface area contributed by atoms with Gasteiger partial charge in [0.25, 0.3) is 5.91 Å². The van der Waals surface area contributed by atoms with E-state index in [0.717, 1.165) is 23.1 Å². The Labute approximate surface area is 184 Å². The van der Waals surface area contributed by atoms with Gasteiger partial charge in [0.1, 0.15) is 17.6 Å². The normalized spacial score (nSPS) is 21.4. The lowest BCUT2D eigenvalue weighted by Gasteiger charge is -2.20. The number of benzene rings is 2. The standard InChI is InChI=1S/C24H21N3O5/c1-14-9-17-10-15(3-6-20(17)32-14)7-8-24(22(29)25-23(30)26-24)13-27-12-16-4-5-18(31-2)11-19(16)21(27)28/h3-6,10-12,14,28H,9,13H2,1-2H3,(H2,25,26,29,30)/t14?,24-/m1/s1. The third-order valence-corrected chi connectivity index (χ3v) is 5.73. The Kier molecular flexibility index (Phi) is 4.48. The molecule has 0 bridgehead atoms. The van der Waals surface area contributed by atoms with E-state index in [-0.39, 0.29) is 18.5 Å². The van der Waals surface area contributed by atoms with Crippen molar-refractivity contribution in [1.82, 2.24) is 15.2 Å². The summed E-state index contributed by atoms with van der Waals surface area (Å²) >= 11 is 0. The first-order chi connectivity index (χ1) is 15.4. The lowest BCUT2D eigenvalue weighted by Crippen LogP contribution is -2.49. The number of carbonyl (C=O) groups excluding carboxylic acids is 2. The van der Waals surface area contributed by atoms with E-state index in [9.17, 15) is 14.7 Å². The summed E-state index contributed by atoms with van der Waals surface area (Å²) in [5.41, 5.74) is 0.235. The smallest absolute Gasteiger partial charge is 0.323 e. The number of urea groups is 1. The van der Waals surface area contributed by atoms with Crippen molar-refractivity contribution in [2.24, 2.45) is 0 Å². The fraction of sp³-hybridized carbons (Fsp3) is 0.250. The summed E-state index contributed by atoms with van der Waals surface area (Å²) in [7, 11) is 1.55. The SMILES string of the molecule is COc1ccc2cn(C[C@@]3(C#Cc4ccc5c(c4)CC(C)O5)NC(=O)NC3=O)c(O)c2c1. The molecule has 0 spiro atoms.